The molecule has 2 fully saturated rings. The number of ether oxygens (including phenoxy) is 1. The lowest BCUT2D eigenvalue weighted by Crippen LogP contribution is -2.46. The molecule has 3 aromatic rings. The molecule has 1 saturated heterocycles. The van der Waals surface area contributed by atoms with Crippen LogP contribution in [0.1, 0.15) is 31.5 Å². The molecule has 0 atom stereocenters. The number of aromatic nitrogens is 2. The molecular formula is C24H27ClN4O2. The van der Waals surface area contributed by atoms with Gasteiger partial charge in [0.15, 0.2) is 0 Å². The highest BCUT2D eigenvalue weighted by molar-refractivity contribution is 6.30. The predicted molar refractivity (Wildman–Crippen MR) is 121 cm³/mol. The third kappa shape index (κ3) is 4.86. The second-order valence-corrected chi connectivity index (χ2v) is 8.89. The van der Waals surface area contributed by atoms with Gasteiger partial charge in [0.25, 0.3) is 0 Å². The number of benzene rings is 2. The number of nitrogens with zero attached hydrogens (tertiary/aromatic N) is 3. The molecule has 1 aromatic heterocycles. The van der Waals surface area contributed by atoms with E-state index in [1.165, 1.54) is 12.8 Å². The van der Waals surface area contributed by atoms with Gasteiger partial charge in [-0.05, 0) is 62.1 Å². The van der Waals surface area contributed by atoms with Crippen LogP contribution in [0, 0.1) is 0 Å². The van der Waals surface area contributed by atoms with Crippen molar-refractivity contribution in [1.29, 1.82) is 0 Å². The summed E-state index contributed by atoms with van der Waals surface area (Å²) in [5.41, 5.74) is 1.80. The maximum absolute atomic E-state index is 12.9. The lowest BCUT2D eigenvalue weighted by Gasteiger charge is -2.32. The van der Waals surface area contributed by atoms with E-state index in [1.54, 1.807) is 12.1 Å². The van der Waals surface area contributed by atoms with E-state index in [1.807, 2.05) is 41.0 Å². The van der Waals surface area contributed by atoms with Crippen LogP contribution in [0.25, 0.3) is 11.0 Å². The number of hydrogen-bond acceptors (Lipinski definition) is 4. The number of para-hydroxylation sites is 2. The van der Waals surface area contributed by atoms with Crippen LogP contribution in [-0.4, -0.2) is 45.5 Å². The number of likely N-dealkylation sites (tertiary alicyclic amines) is 1. The van der Waals surface area contributed by atoms with Crippen LogP contribution in [0.4, 0.5) is 0 Å². The Labute approximate surface area is 187 Å². The van der Waals surface area contributed by atoms with Crippen molar-refractivity contribution in [2.75, 3.05) is 13.1 Å². The first kappa shape index (κ1) is 20.3. The van der Waals surface area contributed by atoms with Gasteiger partial charge < -0.3 is 19.5 Å². The highest BCUT2D eigenvalue weighted by Crippen LogP contribution is 2.29. The van der Waals surface area contributed by atoms with E-state index in [-0.39, 0.29) is 25.1 Å². The lowest BCUT2D eigenvalue weighted by molar-refractivity contribution is -0.122. The normalized spacial score (nSPS) is 17.7. The molecule has 0 radical (unpaired) electrons. The van der Waals surface area contributed by atoms with Crippen molar-refractivity contribution in [1.82, 2.24) is 19.8 Å². The molecule has 5 rings (SSSR count). The van der Waals surface area contributed by atoms with Crippen LogP contribution in [0.15, 0.2) is 48.5 Å². The van der Waals surface area contributed by atoms with Crippen molar-refractivity contribution in [2.45, 2.75) is 50.9 Å². The molecule has 162 valence electrons. The van der Waals surface area contributed by atoms with Crippen molar-refractivity contribution >= 4 is 28.5 Å². The summed E-state index contributed by atoms with van der Waals surface area (Å²) in [6, 6.07) is 16.2. The first-order valence-electron chi connectivity index (χ1n) is 11.0. The van der Waals surface area contributed by atoms with Crippen LogP contribution in [-0.2, 0) is 17.9 Å². The molecule has 1 N–H and O–H groups in total. The first-order valence-corrected chi connectivity index (χ1v) is 11.4. The number of piperidine rings is 1. The van der Waals surface area contributed by atoms with Gasteiger partial charge in [0.2, 0.25) is 5.91 Å². The number of rotatable bonds is 7. The summed E-state index contributed by atoms with van der Waals surface area (Å²) in [5.74, 6) is 1.48. The SMILES string of the molecule is O=C(Cn1c(COc2ccc(Cl)cc2)nc2ccccc21)NC1CCN(C2CC2)CC1. The smallest absolute Gasteiger partial charge is 0.240 e. The molecular weight excluding hydrogens is 412 g/mol. The molecule has 1 saturated carbocycles. The van der Waals surface area contributed by atoms with Gasteiger partial charge in [0.1, 0.15) is 24.7 Å². The molecule has 6 nitrogen and oxygen atoms in total. The molecule has 31 heavy (non-hydrogen) atoms. The van der Waals surface area contributed by atoms with Gasteiger partial charge in [-0.2, -0.15) is 0 Å². The summed E-state index contributed by atoms with van der Waals surface area (Å²) in [4.78, 5) is 20.2. The zero-order valence-corrected chi connectivity index (χ0v) is 18.2. The molecule has 2 heterocycles. The number of carbonyl (C=O) groups is 1. The maximum atomic E-state index is 12.9. The van der Waals surface area contributed by atoms with E-state index >= 15 is 0 Å². The van der Waals surface area contributed by atoms with Gasteiger partial charge in [0, 0.05) is 30.2 Å². The molecule has 0 bridgehead atoms. The summed E-state index contributed by atoms with van der Waals surface area (Å²) in [7, 11) is 0. The molecule has 2 aromatic carbocycles. The summed E-state index contributed by atoms with van der Waals surface area (Å²) in [5, 5.41) is 3.91. The Morgan fingerprint density at radius 1 is 1.06 bits per heavy atom. The zero-order chi connectivity index (χ0) is 21.2. The highest BCUT2D eigenvalue weighted by atomic mass is 35.5. The number of imidazole rings is 1. The third-order valence-electron chi connectivity index (χ3n) is 6.17. The fourth-order valence-electron chi connectivity index (χ4n) is 4.36. The Kier molecular flexibility index (Phi) is 5.83. The second kappa shape index (κ2) is 8.89. The van der Waals surface area contributed by atoms with Crippen molar-refractivity contribution < 1.29 is 9.53 Å². The van der Waals surface area contributed by atoms with E-state index in [4.69, 9.17) is 21.3 Å². The average Bonchev–Trinajstić information content (AvgIpc) is 3.57. The lowest BCUT2D eigenvalue weighted by atomic mass is 10.0. The topological polar surface area (TPSA) is 59.4 Å². The third-order valence-corrected chi connectivity index (χ3v) is 6.43. The number of halogens is 1. The van der Waals surface area contributed by atoms with Crippen molar-refractivity contribution in [3.8, 4) is 5.75 Å². The fourth-order valence-corrected chi connectivity index (χ4v) is 4.48. The minimum Gasteiger partial charge on any atom is -0.486 e. The highest BCUT2D eigenvalue weighted by Gasteiger charge is 2.32. The monoisotopic (exact) mass is 438 g/mol. The summed E-state index contributed by atoms with van der Waals surface area (Å²) in [6.07, 6.45) is 4.73. The van der Waals surface area contributed by atoms with E-state index in [0.29, 0.717) is 5.02 Å². The number of nitrogens with one attached hydrogen (secondary N) is 1. The quantitative estimate of drug-likeness (QED) is 0.605. The summed E-state index contributed by atoms with van der Waals surface area (Å²) in [6.45, 7) is 2.69. The fraction of sp³-hybridized carbons (Fsp3) is 0.417. The standard InChI is InChI=1S/C24H27ClN4O2/c25-17-5-9-20(10-6-17)31-16-23-27-21-3-1-2-4-22(21)29(23)15-24(30)26-18-11-13-28(14-12-18)19-7-8-19/h1-6,9-10,18-19H,7-8,11-16H2,(H,26,30). The van der Waals surface area contributed by atoms with Crippen molar-refractivity contribution in [2.24, 2.45) is 0 Å². The molecule has 1 amide bonds. The second-order valence-electron chi connectivity index (χ2n) is 8.45. The molecule has 7 heteroatoms. The average molecular weight is 439 g/mol. The van der Waals surface area contributed by atoms with E-state index in [9.17, 15) is 4.79 Å². The summed E-state index contributed by atoms with van der Waals surface area (Å²) >= 11 is 5.95. The van der Waals surface area contributed by atoms with Crippen LogP contribution >= 0.6 is 11.6 Å². The minimum absolute atomic E-state index is 0.0285. The predicted octanol–water partition coefficient (Wildman–Crippen LogP) is 4.01. The van der Waals surface area contributed by atoms with Crippen molar-refractivity contribution in [3.05, 3.63) is 59.4 Å². The Balaban J connectivity index is 1.26. The van der Waals surface area contributed by atoms with Crippen LogP contribution < -0.4 is 10.1 Å². The zero-order valence-electron chi connectivity index (χ0n) is 17.5. The maximum Gasteiger partial charge on any atom is 0.240 e. The Morgan fingerprint density at radius 3 is 2.55 bits per heavy atom. The van der Waals surface area contributed by atoms with Crippen molar-refractivity contribution in [3.63, 3.8) is 0 Å². The van der Waals surface area contributed by atoms with Gasteiger partial charge >= 0.3 is 0 Å². The number of amides is 1. The van der Waals surface area contributed by atoms with Crippen LogP contribution in [0.2, 0.25) is 5.02 Å². The van der Waals surface area contributed by atoms with E-state index < -0.39 is 0 Å². The molecule has 0 spiro atoms. The number of hydrogen-bond donors (Lipinski definition) is 1. The molecule has 1 aliphatic heterocycles. The van der Waals surface area contributed by atoms with Gasteiger partial charge in [-0.25, -0.2) is 4.98 Å². The molecule has 0 unspecified atom stereocenters. The number of carbonyl (C=O) groups excluding carboxylic acids is 1. The van der Waals surface area contributed by atoms with Crippen LogP contribution in [0.3, 0.4) is 0 Å². The van der Waals surface area contributed by atoms with Gasteiger partial charge in [-0.15, -0.1) is 0 Å². The summed E-state index contributed by atoms with van der Waals surface area (Å²) < 4.78 is 7.87. The molecule has 2 aliphatic rings. The van der Waals surface area contributed by atoms with Gasteiger partial charge in [-0.3, -0.25) is 4.79 Å². The van der Waals surface area contributed by atoms with E-state index in [0.717, 1.165) is 54.6 Å². The Hall–Kier alpha value is -2.57. The Morgan fingerprint density at radius 2 is 1.81 bits per heavy atom. The number of fused-ring (bicyclic) bond motifs is 1. The van der Waals surface area contributed by atoms with Gasteiger partial charge in [0.05, 0.1) is 11.0 Å². The van der Waals surface area contributed by atoms with Crippen LogP contribution in [0.5, 0.6) is 5.75 Å². The molecule has 1 aliphatic carbocycles. The first-order chi connectivity index (χ1) is 15.2. The largest absolute Gasteiger partial charge is 0.486 e. The Bertz CT molecular complexity index is 1050. The van der Waals surface area contributed by atoms with E-state index in [2.05, 4.69) is 10.2 Å². The van der Waals surface area contributed by atoms with Gasteiger partial charge in [-0.1, -0.05) is 23.7 Å². The minimum atomic E-state index is 0.0285.